The monoisotopic (exact) mass is 366 g/mol. The highest BCUT2D eigenvalue weighted by atomic mass is 127. The van der Waals surface area contributed by atoms with Crippen LogP contribution in [0, 0.1) is 10.5 Å². The fourth-order valence-corrected chi connectivity index (χ4v) is 1.90. The molecule has 0 aliphatic rings. The molecule has 0 aromatic heterocycles. The molecule has 1 aromatic carbocycles. The van der Waals surface area contributed by atoms with Gasteiger partial charge in [0.15, 0.2) is 12.1 Å². The molecule has 14 heavy (non-hydrogen) atoms. The van der Waals surface area contributed by atoms with Gasteiger partial charge in [0.25, 0.3) is 0 Å². The van der Waals surface area contributed by atoms with Crippen molar-refractivity contribution >= 4 is 50.6 Å². The van der Waals surface area contributed by atoms with Crippen LogP contribution >= 0.6 is 38.5 Å². The molecule has 0 aliphatic carbocycles. The van der Waals surface area contributed by atoms with Crippen LogP contribution in [0.3, 0.4) is 0 Å². The summed E-state index contributed by atoms with van der Waals surface area (Å²) in [4.78, 5) is 22.2. The van der Waals surface area contributed by atoms with Crippen molar-refractivity contribution in [3.05, 3.63) is 32.4 Å². The van der Waals surface area contributed by atoms with Crippen LogP contribution in [0.25, 0.3) is 0 Å². The van der Waals surface area contributed by atoms with E-state index in [0.717, 1.165) is 15.4 Å². The van der Waals surface area contributed by atoms with Crippen molar-refractivity contribution in [1.29, 1.82) is 0 Å². The number of hydrogen-bond donors (Lipinski definition) is 0. The predicted molar refractivity (Wildman–Crippen MR) is 67.4 cm³/mol. The minimum absolute atomic E-state index is 0.0633. The lowest BCUT2D eigenvalue weighted by Crippen LogP contribution is -2.05. The number of hydrogen-bond acceptors (Lipinski definition) is 2. The number of benzene rings is 1. The fourth-order valence-electron chi connectivity index (χ4n) is 1.11. The third-order valence-corrected chi connectivity index (χ3v) is 3.55. The number of rotatable bonds is 3. The zero-order valence-corrected chi connectivity index (χ0v) is 11.3. The second-order valence-electron chi connectivity index (χ2n) is 2.86. The Morgan fingerprint density at radius 1 is 1.57 bits per heavy atom. The molecule has 0 aliphatic heterocycles. The maximum Gasteiger partial charge on any atom is 0.174 e. The van der Waals surface area contributed by atoms with E-state index in [1.54, 1.807) is 12.1 Å². The molecule has 0 spiro atoms. The Kier molecular flexibility index (Phi) is 4.25. The summed E-state index contributed by atoms with van der Waals surface area (Å²) in [5.41, 5.74) is 1.97. The molecule has 74 valence electrons. The molecular formula is C10H8BrIO2. The number of alkyl halides is 1. The van der Waals surface area contributed by atoms with Gasteiger partial charge in [-0.1, -0.05) is 15.9 Å². The first-order chi connectivity index (χ1) is 6.60. The molecule has 0 bridgehead atoms. The summed E-state index contributed by atoms with van der Waals surface area (Å²) in [5.74, 6) is -0.0633. The highest BCUT2D eigenvalue weighted by Crippen LogP contribution is 2.18. The molecule has 0 saturated carbocycles. The standard InChI is InChI=1S/C10H8BrIO2/c1-6-2-8(10(14)4-11)7(5-13)3-9(6)12/h2-3,5H,4H2,1H3. The average molecular weight is 367 g/mol. The summed E-state index contributed by atoms with van der Waals surface area (Å²) in [6.07, 6.45) is 0.720. The van der Waals surface area contributed by atoms with Crippen LogP contribution in [0.15, 0.2) is 12.1 Å². The Hall–Kier alpha value is -0.230. The third-order valence-electron chi connectivity index (χ3n) is 1.88. The Morgan fingerprint density at radius 3 is 2.71 bits per heavy atom. The molecule has 0 atom stereocenters. The van der Waals surface area contributed by atoms with Gasteiger partial charge in [0, 0.05) is 14.7 Å². The third kappa shape index (κ3) is 2.42. The molecule has 0 fully saturated rings. The summed E-state index contributed by atoms with van der Waals surface area (Å²) in [6, 6.07) is 3.49. The van der Waals surface area contributed by atoms with E-state index in [4.69, 9.17) is 0 Å². The molecule has 1 aromatic rings. The van der Waals surface area contributed by atoms with Crippen molar-refractivity contribution < 1.29 is 9.59 Å². The molecule has 0 saturated heterocycles. The fraction of sp³-hybridized carbons (Fsp3) is 0.200. The first-order valence-corrected chi connectivity index (χ1v) is 6.14. The van der Waals surface area contributed by atoms with Gasteiger partial charge in [0.1, 0.15) is 0 Å². The SMILES string of the molecule is Cc1cc(C(=O)CBr)c(C=O)cc1I. The van der Waals surface area contributed by atoms with E-state index in [9.17, 15) is 9.59 Å². The van der Waals surface area contributed by atoms with Crippen molar-refractivity contribution in [2.45, 2.75) is 6.92 Å². The van der Waals surface area contributed by atoms with Gasteiger partial charge >= 0.3 is 0 Å². The minimum atomic E-state index is -0.0633. The van der Waals surface area contributed by atoms with Gasteiger partial charge in [-0.05, 0) is 47.2 Å². The van der Waals surface area contributed by atoms with Crippen LogP contribution in [0.5, 0.6) is 0 Å². The lowest BCUT2D eigenvalue weighted by atomic mass is 10.0. The topological polar surface area (TPSA) is 34.1 Å². The number of carbonyl (C=O) groups is 2. The maximum absolute atomic E-state index is 11.4. The molecule has 0 heterocycles. The average Bonchev–Trinajstić information content (AvgIpc) is 2.20. The van der Waals surface area contributed by atoms with Gasteiger partial charge in [-0.2, -0.15) is 0 Å². The summed E-state index contributed by atoms with van der Waals surface area (Å²) >= 11 is 5.23. The van der Waals surface area contributed by atoms with Gasteiger partial charge in [0.2, 0.25) is 0 Å². The van der Waals surface area contributed by atoms with E-state index in [2.05, 4.69) is 38.5 Å². The van der Waals surface area contributed by atoms with Gasteiger partial charge in [-0.25, -0.2) is 0 Å². The number of halogens is 2. The van der Waals surface area contributed by atoms with Crippen LogP contribution in [-0.4, -0.2) is 17.4 Å². The maximum atomic E-state index is 11.4. The van der Waals surface area contributed by atoms with E-state index in [1.165, 1.54) is 0 Å². The lowest BCUT2D eigenvalue weighted by molar-refractivity contribution is 0.101. The van der Waals surface area contributed by atoms with Crippen molar-refractivity contribution in [3.63, 3.8) is 0 Å². The van der Waals surface area contributed by atoms with E-state index >= 15 is 0 Å². The summed E-state index contributed by atoms with van der Waals surface area (Å²) < 4.78 is 0.996. The molecular weight excluding hydrogens is 359 g/mol. The highest BCUT2D eigenvalue weighted by Gasteiger charge is 2.11. The number of aryl methyl sites for hydroxylation is 1. The van der Waals surface area contributed by atoms with Crippen LogP contribution in [0.2, 0.25) is 0 Å². The lowest BCUT2D eigenvalue weighted by Gasteiger charge is -2.05. The quantitative estimate of drug-likeness (QED) is 0.356. The highest BCUT2D eigenvalue weighted by molar-refractivity contribution is 14.1. The summed E-state index contributed by atoms with van der Waals surface area (Å²) in [5, 5.41) is 0.244. The Balaban J connectivity index is 3.34. The second-order valence-corrected chi connectivity index (χ2v) is 4.59. The number of ketones is 1. The van der Waals surface area contributed by atoms with E-state index in [0.29, 0.717) is 11.1 Å². The minimum Gasteiger partial charge on any atom is -0.298 e. The van der Waals surface area contributed by atoms with E-state index < -0.39 is 0 Å². The number of carbonyl (C=O) groups excluding carboxylic acids is 2. The summed E-state index contributed by atoms with van der Waals surface area (Å²) in [7, 11) is 0. The molecule has 4 heteroatoms. The van der Waals surface area contributed by atoms with Crippen molar-refractivity contribution in [2.75, 3.05) is 5.33 Å². The normalized spacial score (nSPS) is 9.93. The Labute approximate surface area is 104 Å². The smallest absolute Gasteiger partial charge is 0.174 e. The van der Waals surface area contributed by atoms with Crippen LogP contribution in [0.1, 0.15) is 26.3 Å². The van der Waals surface area contributed by atoms with Crippen LogP contribution in [0.4, 0.5) is 0 Å². The number of aldehydes is 1. The molecule has 0 unspecified atom stereocenters. The predicted octanol–water partition coefficient (Wildman–Crippen LogP) is 2.99. The molecule has 2 nitrogen and oxygen atoms in total. The van der Waals surface area contributed by atoms with E-state index in [1.807, 2.05) is 6.92 Å². The van der Waals surface area contributed by atoms with Crippen molar-refractivity contribution in [1.82, 2.24) is 0 Å². The number of Topliss-reactive ketones (excluding diaryl/α,β-unsaturated/α-hetero) is 1. The van der Waals surface area contributed by atoms with Gasteiger partial charge in [-0.3, -0.25) is 9.59 Å². The first kappa shape index (κ1) is 11.8. The van der Waals surface area contributed by atoms with E-state index in [-0.39, 0.29) is 11.1 Å². The zero-order valence-electron chi connectivity index (χ0n) is 7.51. The molecule has 0 N–H and O–H groups in total. The largest absolute Gasteiger partial charge is 0.298 e. The summed E-state index contributed by atoms with van der Waals surface area (Å²) in [6.45, 7) is 1.92. The molecule has 0 radical (unpaired) electrons. The first-order valence-electron chi connectivity index (χ1n) is 3.94. The second kappa shape index (κ2) is 5.02. The Bertz CT molecular complexity index is 388. The van der Waals surface area contributed by atoms with Crippen molar-refractivity contribution in [2.24, 2.45) is 0 Å². The van der Waals surface area contributed by atoms with Gasteiger partial charge in [-0.15, -0.1) is 0 Å². The zero-order chi connectivity index (χ0) is 10.7. The van der Waals surface area contributed by atoms with Crippen molar-refractivity contribution in [3.8, 4) is 0 Å². The van der Waals surface area contributed by atoms with Gasteiger partial charge < -0.3 is 0 Å². The molecule has 1 rings (SSSR count). The van der Waals surface area contributed by atoms with Gasteiger partial charge in [0.05, 0.1) is 5.33 Å². The van der Waals surface area contributed by atoms with Crippen LogP contribution < -0.4 is 0 Å². The molecule has 0 amide bonds. The van der Waals surface area contributed by atoms with Crippen LogP contribution in [-0.2, 0) is 0 Å². The Morgan fingerprint density at radius 2 is 2.21 bits per heavy atom.